The Balaban J connectivity index is 1.46. The van der Waals surface area contributed by atoms with E-state index in [9.17, 15) is 4.79 Å². The number of benzene rings is 2. The van der Waals surface area contributed by atoms with Crippen molar-refractivity contribution in [2.45, 2.75) is 44.6 Å². The van der Waals surface area contributed by atoms with Crippen LogP contribution in [0.15, 0.2) is 47.5 Å². The lowest BCUT2D eigenvalue weighted by Gasteiger charge is -2.38. The molecule has 3 nitrogen and oxygen atoms in total. The number of hydrogen-bond acceptors (Lipinski definition) is 2. The predicted molar refractivity (Wildman–Crippen MR) is 99.9 cm³/mol. The number of carbonyl (C=O) groups excluding carboxylic acids is 1. The van der Waals surface area contributed by atoms with Gasteiger partial charge in [0, 0.05) is 36.2 Å². The molecule has 1 saturated heterocycles. The second-order valence-corrected chi connectivity index (χ2v) is 7.58. The minimum absolute atomic E-state index is 0.171. The Kier molecular flexibility index (Phi) is 3.30. The first-order valence-electron chi connectivity index (χ1n) is 9.26. The Labute approximate surface area is 148 Å². The number of nitrogens with zero attached hydrogens (tertiary/aromatic N) is 2. The first-order chi connectivity index (χ1) is 12.2. The summed E-state index contributed by atoms with van der Waals surface area (Å²) in [5.74, 6) is 0.675. The molecule has 1 unspecified atom stereocenters. The van der Waals surface area contributed by atoms with Gasteiger partial charge in [-0.1, -0.05) is 30.3 Å². The fourth-order valence-electron chi connectivity index (χ4n) is 4.87. The normalized spacial score (nSPS) is 23.7. The van der Waals surface area contributed by atoms with E-state index in [4.69, 9.17) is 0 Å². The molecule has 25 heavy (non-hydrogen) atoms. The Bertz CT molecular complexity index is 899. The fourth-order valence-corrected chi connectivity index (χ4v) is 4.87. The Morgan fingerprint density at radius 2 is 2.04 bits per heavy atom. The molecule has 2 aromatic carbocycles. The number of carbonyl (C=O) groups is 1. The molecule has 0 bridgehead atoms. The summed E-state index contributed by atoms with van der Waals surface area (Å²) in [4.78, 5) is 20.0. The highest BCUT2D eigenvalue weighted by Crippen LogP contribution is 2.42. The van der Waals surface area contributed by atoms with E-state index in [2.05, 4.69) is 40.2 Å². The highest BCUT2D eigenvalue weighted by molar-refractivity contribution is 5.98. The van der Waals surface area contributed by atoms with Gasteiger partial charge in [0.1, 0.15) is 0 Å². The SMILES string of the molecule is CC1=Nc2cc(C(=O)N3CCCC4c5ccccc5C[C@@H]43)ccc2C1. The van der Waals surface area contributed by atoms with E-state index in [0.29, 0.717) is 12.0 Å². The third-order valence-corrected chi connectivity index (χ3v) is 6.01. The third kappa shape index (κ3) is 2.33. The van der Waals surface area contributed by atoms with Crippen LogP contribution in [0.5, 0.6) is 0 Å². The molecule has 0 radical (unpaired) electrons. The molecule has 1 amide bonds. The average molecular weight is 330 g/mol. The van der Waals surface area contributed by atoms with Gasteiger partial charge < -0.3 is 4.90 Å². The van der Waals surface area contributed by atoms with Crippen molar-refractivity contribution >= 4 is 17.3 Å². The quantitative estimate of drug-likeness (QED) is 0.768. The topological polar surface area (TPSA) is 32.7 Å². The molecule has 3 aliphatic rings. The van der Waals surface area contributed by atoms with Crippen molar-refractivity contribution in [1.82, 2.24) is 4.90 Å². The summed E-state index contributed by atoms with van der Waals surface area (Å²) in [5.41, 5.74) is 7.01. The van der Waals surface area contributed by atoms with Crippen LogP contribution >= 0.6 is 0 Å². The monoisotopic (exact) mass is 330 g/mol. The summed E-state index contributed by atoms with van der Waals surface area (Å²) in [6.45, 7) is 2.92. The fraction of sp³-hybridized carbons (Fsp3) is 0.364. The molecular formula is C22H22N2O. The van der Waals surface area contributed by atoms with Crippen molar-refractivity contribution in [3.8, 4) is 0 Å². The van der Waals surface area contributed by atoms with E-state index in [1.165, 1.54) is 23.1 Å². The van der Waals surface area contributed by atoms with Gasteiger partial charge in [0.05, 0.1) is 5.69 Å². The van der Waals surface area contributed by atoms with E-state index in [1.807, 2.05) is 19.1 Å². The zero-order valence-corrected chi connectivity index (χ0v) is 14.5. The van der Waals surface area contributed by atoms with Crippen LogP contribution in [-0.4, -0.2) is 29.1 Å². The Morgan fingerprint density at radius 1 is 1.16 bits per heavy atom. The van der Waals surface area contributed by atoms with E-state index in [-0.39, 0.29) is 5.91 Å². The summed E-state index contributed by atoms with van der Waals surface area (Å²) in [6.07, 6.45) is 4.19. The van der Waals surface area contributed by atoms with E-state index >= 15 is 0 Å². The largest absolute Gasteiger partial charge is 0.335 e. The van der Waals surface area contributed by atoms with Crippen LogP contribution in [0.2, 0.25) is 0 Å². The average Bonchev–Trinajstić information content (AvgIpc) is 3.19. The Morgan fingerprint density at radius 3 is 2.96 bits per heavy atom. The van der Waals surface area contributed by atoms with Gasteiger partial charge >= 0.3 is 0 Å². The lowest BCUT2D eigenvalue weighted by molar-refractivity contribution is 0.0595. The molecule has 2 aliphatic heterocycles. The minimum atomic E-state index is 0.171. The van der Waals surface area contributed by atoms with Gasteiger partial charge in [-0.3, -0.25) is 9.79 Å². The maximum Gasteiger partial charge on any atom is 0.254 e. The number of amides is 1. The maximum atomic E-state index is 13.3. The summed E-state index contributed by atoms with van der Waals surface area (Å²) < 4.78 is 0. The molecular weight excluding hydrogens is 308 g/mol. The molecule has 2 heterocycles. The maximum absolute atomic E-state index is 13.3. The third-order valence-electron chi connectivity index (χ3n) is 6.01. The lowest BCUT2D eigenvalue weighted by Crippen LogP contribution is -2.46. The number of piperidine rings is 1. The summed E-state index contributed by atoms with van der Waals surface area (Å²) >= 11 is 0. The van der Waals surface area contributed by atoms with Crippen LogP contribution in [0, 0.1) is 0 Å². The first kappa shape index (κ1) is 14.9. The number of fused-ring (bicyclic) bond motifs is 4. The summed E-state index contributed by atoms with van der Waals surface area (Å²) in [5, 5.41) is 0. The van der Waals surface area contributed by atoms with Crippen molar-refractivity contribution in [2.75, 3.05) is 6.54 Å². The van der Waals surface area contributed by atoms with E-state index in [1.54, 1.807) is 0 Å². The summed E-state index contributed by atoms with van der Waals surface area (Å²) in [7, 11) is 0. The van der Waals surface area contributed by atoms with Crippen molar-refractivity contribution in [1.29, 1.82) is 0 Å². The summed E-state index contributed by atoms with van der Waals surface area (Å²) in [6, 6.07) is 15.1. The molecule has 2 atom stereocenters. The number of aliphatic imine (C=N–C) groups is 1. The number of likely N-dealkylation sites (tertiary alicyclic amines) is 1. The molecule has 126 valence electrons. The minimum Gasteiger partial charge on any atom is -0.335 e. The first-order valence-corrected chi connectivity index (χ1v) is 9.26. The molecule has 5 rings (SSSR count). The zero-order valence-electron chi connectivity index (χ0n) is 14.5. The van der Waals surface area contributed by atoms with Gasteiger partial charge in [-0.15, -0.1) is 0 Å². The lowest BCUT2D eigenvalue weighted by atomic mass is 9.88. The van der Waals surface area contributed by atoms with Gasteiger partial charge in [0.25, 0.3) is 5.91 Å². The molecule has 0 saturated carbocycles. The van der Waals surface area contributed by atoms with Gasteiger partial charge in [0.15, 0.2) is 0 Å². The van der Waals surface area contributed by atoms with Gasteiger partial charge in [-0.2, -0.15) is 0 Å². The second kappa shape index (κ2) is 5.55. The Hall–Kier alpha value is -2.42. The highest BCUT2D eigenvalue weighted by atomic mass is 16.2. The zero-order chi connectivity index (χ0) is 17.0. The van der Waals surface area contributed by atoms with Crippen LogP contribution in [0.25, 0.3) is 0 Å². The molecule has 0 N–H and O–H groups in total. The number of rotatable bonds is 1. The van der Waals surface area contributed by atoms with Crippen LogP contribution < -0.4 is 0 Å². The van der Waals surface area contributed by atoms with E-state index < -0.39 is 0 Å². The molecule has 2 aromatic rings. The molecule has 0 spiro atoms. The van der Waals surface area contributed by atoms with Gasteiger partial charge in [-0.05, 0) is 55.0 Å². The van der Waals surface area contributed by atoms with Gasteiger partial charge in [0.2, 0.25) is 0 Å². The van der Waals surface area contributed by atoms with Crippen LogP contribution in [0.4, 0.5) is 5.69 Å². The van der Waals surface area contributed by atoms with Crippen LogP contribution in [-0.2, 0) is 12.8 Å². The van der Waals surface area contributed by atoms with Crippen molar-refractivity contribution in [2.24, 2.45) is 4.99 Å². The second-order valence-electron chi connectivity index (χ2n) is 7.58. The van der Waals surface area contributed by atoms with E-state index in [0.717, 1.165) is 42.8 Å². The van der Waals surface area contributed by atoms with Crippen LogP contribution in [0.3, 0.4) is 0 Å². The van der Waals surface area contributed by atoms with Crippen LogP contribution in [0.1, 0.15) is 52.7 Å². The van der Waals surface area contributed by atoms with Crippen molar-refractivity contribution in [3.05, 3.63) is 64.7 Å². The van der Waals surface area contributed by atoms with Gasteiger partial charge in [-0.25, -0.2) is 0 Å². The highest BCUT2D eigenvalue weighted by Gasteiger charge is 2.40. The molecule has 0 aromatic heterocycles. The smallest absolute Gasteiger partial charge is 0.254 e. The molecule has 1 aliphatic carbocycles. The molecule has 3 heteroatoms. The standard InChI is InChI=1S/C22H22N2O/c1-14-11-16-8-9-17(12-20(16)23-14)22(25)24-10-4-7-19-18-6-3-2-5-15(18)13-21(19)24/h2-3,5-6,8-9,12,19,21H,4,7,10-11,13H2,1H3/t19?,21-/m0/s1. The predicted octanol–water partition coefficient (Wildman–Crippen LogP) is 4.28. The van der Waals surface area contributed by atoms with Crippen molar-refractivity contribution in [3.63, 3.8) is 0 Å². The molecule has 1 fully saturated rings. The van der Waals surface area contributed by atoms with Crippen molar-refractivity contribution < 1.29 is 4.79 Å². The number of hydrogen-bond donors (Lipinski definition) is 0.